The van der Waals surface area contributed by atoms with E-state index in [0.29, 0.717) is 37.1 Å². The molecule has 1 heterocycles. The van der Waals surface area contributed by atoms with E-state index < -0.39 is 5.97 Å². The van der Waals surface area contributed by atoms with Crippen molar-refractivity contribution in [3.05, 3.63) is 35.1 Å². The Balaban J connectivity index is 1.59. The summed E-state index contributed by atoms with van der Waals surface area (Å²) in [5.41, 5.74) is 7.57. The average molecular weight is 513 g/mol. The van der Waals surface area contributed by atoms with Crippen LogP contribution in [0, 0.1) is 17.2 Å². The number of carboxylic acid groups (broad SMARTS) is 1. The number of amidine groups is 2. The fourth-order valence-corrected chi connectivity index (χ4v) is 5.62. The van der Waals surface area contributed by atoms with Crippen molar-refractivity contribution in [1.29, 1.82) is 5.41 Å². The zero-order chi connectivity index (χ0) is 26.8. The first-order valence-electron chi connectivity index (χ1n) is 14.0. The molecule has 4 N–H and O–H groups in total. The maximum atomic E-state index is 13.6. The topological polar surface area (TPSA) is 129 Å². The van der Waals surface area contributed by atoms with Crippen LogP contribution in [0.1, 0.15) is 90.9 Å². The summed E-state index contributed by atoms with van der Waals surface area (Å²) in [6, 6.07) is -0.100. The Kier molecular flexibility index (Phi) is 11.0. The minimum atomic E-state index is -0.707. The Labute approximate surface area is 221 Å². The number of carbonyl (C=O) groups is 2. The van der Waals surface area contributed by atoms with Gasteiger partial charge in [0.15, 0.2) is 5.84 Å². The van der Waals surface area contributed by atoms with E-state index in [1.807, 2.05) is 0 Å². The molecule has 8 nitrogen and oxygen atoms in total. The maximum absolute atomic E-state index is 13.6. The Hall–Kier alpha value is -2.90. The van der Waals surface area contributed by atoms with E-state index >= 15 is 0 Å². The molecule has 0 saturated heterocycles. The van der Waals surface area contributed by atoms with Gasteiger partial charge in [0.05, 0.1) is 12.6 Å². The van der Waals surface area contributed by atoms with E-state index in [1.54, 1.807) is 11.8 Å². The molecule has 8 heteroatoms. The highest BCUT2D eigenvalue weighted by Crippen LogP contribution is 2.37. The Bertz CT molecular complexity index is 957. The number of nitrogens with two attached hydrogens (primary N) is 1. The number of amides is 1. The first-order chi connectivity index (χ1) is 17.8. The number of ether oxygens (including phenoxy) is 1. The molecule has 2 aliphatic carbocycles. The first-order valence-corrected chi connectivity index (χ1v) is 14.0. The average Bonchev–Trinajstić information content (AvgIpc) is 3.01. The summed E-state index contributed by atoms with van der Waals surface area (Å²) in [6.07, 6.45) is 17.5. The van der Waals surface area contributed by atoms with Gasteiger partial charge in [-0.15, -0.1) is 0 Å². The molecule has 0 spiro atoms. The van der Waals surface area contributed by atoms with E-state index in [2.05, 4.69) is 30.1 Å². The summed E-state index contributed by atoms with van der Waals surface area (Å²) in [5, 5.41) is 17.6. The fourth-order valence-electron chi connectivity index (χ4n) is 5.62. The lowest BCUT2D eigenvalue weighted by Crippen LogP contribution is -2.42. The smallest absolute Gasteiger partial charge is 0.303 e. The van der Waals surface area contributed by atoms with Crippen molar-refractivity contribution < 1.29 is 19.4 Å². The SMILES string of the molecule is CCCCCCCC(N)=NC(=N)C1=C(C)OCCN(C2C=CC(C3CCC(CC(=O)O)CC3)=CC2)C1=O. The molecule has 37 heavy (non-hydrogen) atoms. The second-order valence-corrected chi connectivity index (χ2v) is 10.6. The first kappa shape index (κ1) is 28.7. The largest absolute Gasteiger partial charge is 0.495 e. The lowest BCUT2D eigenvalue weighted by Gasteiger charge is -2.33. The zero-order valence-corrected chi connectivity index (χ0v) is 22.5. The molecule has 1 aliphatic heterocycles. The van der Waals surface area contributed by atoms with E-state index in [-0.39, 0.29) is 35.7 Å². The highest BCUT2D eigenvalue weighted by molar-refractivity contribution is 6.22. The molecule has 1 atom stereocenters. The molecule has 1 unspecified atom stereocenters. The van der Waals surface area contributed by atoms with E-state index in [0.717, 1.165) is 44.9 Å². The molecule has 0 radical (unpaired) electrons. The van der Waals surface area contributed by atoms with Crippen LogP contribution in [0.25, 0.3) is 0 Å². The van der Waals surface area contributed by atoms with Crippen LogP contribution < -0.4 is 5.73 Å². The van der Waals surface area contributed by atoms with Gasteiger partial charge in [0.2, 0.25) is 0 Å². The van der Waals surface area contributed by atoms with Gasteiger partial charge in [-0.3, -0.25) is 15.0 Å². The Morgan fingerprint density at radius 1 is 1.22 bits per heavy atom. The van der Waals surface area contributed by atoms with Crippen molar-refractivity contribution in [1.82, 2.24) is 4.90 Å². The lowest BCUT2D eigenvalue weighted by atomic mass is 9.76. The number of nitrogens with one attached hydrogen (secondary N) is 1. The minimum absolute atomic E-state index is 0.100. The van der Waals surface area contributed by atoms with Crippen LogP contribution >= 0.6 is 0 Å². The predicted molar refractivity (Wildman–Crippen MR) is 146 cm³/mol. The van der Waals surface area contributed by atoms with Crippen LogP contribution in [0.2, 0.25) is 0 Å². The van der Waals surface area contributed by atoms with Crippen molar-refractivity contribution in [3.63, 3.8) is 0 Å². The van der Waals surface area contributed by atoms with Crippen molar-refractivity contribution in [3.8, 4) is 0 Å². The van der Waals surface area contributed by atoms with Crippen LogP contribution in [0.15, 0.2) is 40.1 Å². The van der Waals surface area contributed by atoms with Gasteiger partial charge >= 0.3 is 5.97 Å². The number of unbranched alkanes of at least 4 members (excludes halogenated alkanes) is 4. The highest BCUT2D eigenvalue weighted by atomic mass is 16.5. The van der Waals surface area contributed by atoms with Crippen LogP contribution in [0.4, 0.5) is 0 Å². The van der Waals surface area contributed by atoms with Crippen molar-refractivity contribution in [2.24, 2.45) is 22.6 Å². The number of carbonyl (C=O) groups excluding carboxylic acids is 1. The molecule has 0 aromatic rings. The van der Waals surface area contributed by atoms with Crippen LogP contribution in [-0.2, 0) is 14.3 Å². The number of aliphatic imine (C=N–C) groups is 1. The summed E-state index contributed by atoms with van der Waals surface area (Å²) in [7, 11) is 0. The van der Waals surface area contributed by atoms with Crippen LogP contribution in [0.3, 0.4) is 0 Å². The normalized spacial score (nSPS) is 25.0. The lowest BCUT2D eigenvalue weighted by molar-refractivity contribution is -0.138. The number of aliphatic carboxylic acids is 1. The van der Waals surface area contributed by atoms with Gasteiger partial charge in [-0.25, -0.2) is 4.99 Å². The molecule has 0 aromatic heterocycles. The molecule has 1 saturated carbocycles. The van der Waals surface area contributed by atoms with Crippen molar-refractivity contribution in [2.45, 2.75) is 96.9 Å². The fraction of sp³-hybridized carbons (Fsp3) is 0.655. The van der Waals surface area contributed by atoms with E-state index in [4.69, 9.17) is 21.0 Å². The van der Waals surface area contributed by atoms with Gasteiger partial charge in [0, 0.05) is 12.8 Å². The number of hydrogen-bond donors (Lipinski definition) is 3. The third-order valence-corrected chi connectivity index (χ3v) is 7.79. The van der Waals surface area contributed by atoms with Gasteiger partial charge < -0.3 is 20.5 Å². The quantitative estimate of drug-likeness (QED) is 0.195. The van der Waals surface area contributed by atoms with Gasteiger partial charge in [-0.05, 0) is 62.9 Å². The van der Waals surface area contributed by atoms with Crippen LogP contribution in [0.5, 0.6) is 0 Å². The summed E-state index contributed by atoms with van der Waals surface area (Å²) in [5.74, 6) is 0.470. The summed E-state index contributed by atoms with van der Waals surface area (Å²) >= 11 is 0. The number of rotatable bonds is 11. The van der Waals surface area contributed by atoms with Gasteiger partial charge in [-0.2, -0.15) is 0 Å². The molecule has 1 fully saturated rings. The number of hydrogen-bond acceptors (Lipinski definition) is 4. The second kappa shape index (κ2) is 14.1. The monoisotopic (exact) mass is 512 g/mol. The summed E-state index contributed by atoms with van der Waals surface area (Å²) < 4.78 is 5.77. The molecular formula is C29H44N4O4. The van der Waals surface area contributed by atoms with Gasteiger partial charge in [0.25, 0.3) is 5.91 Å². The van der Waals surface area contributed by atoms with Gasteiger partial charge in [-0.1, -0.05) is 50.8 Å². The van der Waals surface area contributed by atoms with E-state index in [9.17, 15) is 9.59 Å². The van der Waals surface area contributed by atoms with Crippen molar-refractivity contribution in [2.75, 3.05) is 13.2 Å². The third-order valence-electron chi connectivity index (χ3n) is 7.79. The number of nitrogens with zero attached hydrogens (tertiary/aromatic N) is 2. The molecule has 3 aliphatic rings. The number of carboxylic acids is 1. The van der Waals surface area contributed by atoms with E-state index in [1.165, 1.54) is 24.8 Å². The Morgan fingerprint density at radius 3 is 2.59 bits per heavy atom. The minimum Gasteiger partial charge on any atom is -0.495 e. The molecule has 204 valence electrons. The van der Waals surface area contributed by atoms with Crippen molar-refractivity contribution >= 4 is 23.5 Å². The third kappa shape index (κ3) is 8.30. The second-order valence-electron chi connectivity index (χ2n) is 10.6. The molecule has 1 amide bonds. The standard InChI is InChI=1S/C29H44N4O4/c1-3-4-5-6-7-8-25(30)32-28(31)27-20(2)37-18-17-33(29(27)36)24-15-13-23(14-16-24)22-11-9-21(10-12-22)19-26(34)35/h13-15,21-22,24H,3-12,16-19H2,1-2H3,(H,34,35)(H3,30,31,32). The van der Waals surface area contributed by atoms with Gasteiger partial charge in [0.1, 0.15) is 23.8 Å². The highest BCUT2D eigenvalue weighted by Gasteiger charge is 2.33. The molecular weight excluding hydrogens is 468 g/mol. The zero-order valence-electron chi connectivity index (χ0n) is 22.5. The Morgan fingerprint density at radius 2 is 1.95 bits per heavy atom. The predicted octanol–water partition coefficient (Wildman–Crippen LogP) is 5.35. The number of allylic oxidation sites excluding steroid dienone is 3. The van der Waals surface area contributed by atoms with Crippen LogP contribution in [-0.4, -0.2) is 52.7 Å². The maximum Gasteiger partial charge on any atom is 0.303 e. The molecule has 3 rings (SSSR count). The molecule has 0 aromatic carbocycles. The molecule has 0 bridgehead atoms. The summed E-state index contributed by atoms with van der Waals surface area (Å²) in [6.45, 7) is 4.72. The summed E-state index contributed by atoms with van der Waals surface area (Å²) in [4.78, 5) is 30.6.